The molecular weight excluding hydrogens is 366 g/mol. The van der Waals surface area contributed by atoms with Crippen molar-refractivity contribution in [3.05, 3.63) is 77.1 Å². The normalized spacial score (nSPS) is 11.7. The molecule has 6 nitrogen and oxygen atoms in total. The summed E-state index contributed by atoms with van der Waals surface area (Å²) in [6.45, 7) is 7.19. The van der Waals surface area contributed by atoms with Crippen molar-refractivity contribution in [2.24, 2.45) is 0 Å². The third-order valence-electron chi connectivity index (χ3n) is 4.91. The smallest absolute Gasteiger partial charge is 0.251 e. The Labute approximate surface area is 171 Å². The van der Waals surface area contributed by atoms with E-state index in [4.69, 9.17) is 9.47 Å². The van der Waals surface area contributed by atoms with E-state index in [1.54, 1.807) is 13.2 Å². The summed E-state index contributed by atoms with van der Waals surface area (Å²) < 4.78 is 13.1. The van der Waals surface area contributed by atoms with E-state index >= 15 is 0 Å². The summed E-state index contributed by atoms with van der Waals surface area (Å²) in [5.41, 5.74) is 3.60. The Morgan fingerprint density at radius 3 is 2.62 bits per heavy atom. The molecule has 0 aliphatic carbocycles. The van der Waals surface area contributed by atoms with Gasteiger partial charge in [-0.05, 0) is 50.6 Å². The van der Waals surface area contributed by atoms with E-state index in [0.29, 0.717) is 23.7 Å². The van der Waals surface area contributed by atoms with Crippen molar-refractivity contribution in [2.75, 3.05) is 7.11 Å². The Morgan fingerprint density at radius 2 is 1.93 bits per heavy atom. The first-order chi connectivity index (χ1) is 14.0. The second-order valence-electron chi connectivity index (χ2n) is 6.84. The Morgan fingerprint density at radius 1 is 1.17 bits per heavy atom. The zero-order chi connectivity index (χ0) is 20.8. The zero-order valence-corrected chi connectivity index (χ0v) is 17.3. The lowest BCUT2D eigenvalue weighted by Crippen LogP contribution is -2.27. The minimum atomic E-state index is -0.128. The molecular formula is C23H27N3O3. The number of nitrogens with one attached hydrogen (secondary N) is 1. The highest BCUT2D eigenvalue weighted by atomic mass is 16.5. The molecule has 1 N–H and O–H groups in total. The van der Waals surface area contributed by atoms with Crippen LogP contribution >= 0.6 is 0 Å². The number of methoxy groups -OCH3 is 1. The topological polar surface area (TPSA) is 65.4 Å². The van der Waals surface area contributed by atoms with Gasteiger partial charge in [0.25, 0.3) is 5.91 Å². The van der Waals surface area contributed by atoms with E-state index in [-0.39, 0.29) is 11.9 Å². The highest BCUT2D eigenvalue weighted by Gasteiger charge is 2.16. The van der Waals surface area contributed by atoms with Crippen LogP contribution in [0.25, 0.3) is 0 Å². The molecule has 1 amide bonds. The van der Waals surface area contributed by atoms with Gasteiger partial charge in [0.2, 0.25) is 0 Å². The van der Waals surface area contributed by atoms with Gasteiger partial charge in [0, 0.05) is 23.4 Å². The van der Waals surface area contributed by atoms with Crippen molar-refractivity contribution in [3.63, 3.8) is 0 Å². The van der Waals surface area contributed by atoms with Gasteiger partial charge in [-0.1, -0.05) is 24.3 Å². The Hall–Kier alpha value is -3.28. The predicted molar refractivity (Wildman–Crippen MR) is 112 cm³/mol. The van der Waals surface area contributed by atoms with Gasteiger partial charge in [0.15, 0.2) is 11.5 Å². The molecule has 2 aromatic carbocycles. The first-order valence-corrected chi connectivity index (χ1v) is 9.71. The van der Waals surface area contributed by atoms with Crippen molar-refractivity contribution in [1.29, 1.82) is 0 Å². The molecule has 0 saturated carbocycles. The number of amides is 1. The maximum atomic E-state index is 12.7. The predicted octanol–water partition coefficient (Wildman–Crippen LogP) is 4.29. The number of rotatable bonds is 8. The number of carbonyl (C=O) groups excluding carboxylic acids is 1. The molecule has 0 bridgehead atoms. The van der Waals surface area contributed by atoms with Crippen LogP contribution < -0.4 is 14.8 Å². The van der Waals surface area contributed by atoms with Crippen molar-refractivity contribution in [2.45, 2.75) is 40.0 Å². The fourth-order valence-electron chi connectivity index (χ4n) is 3.26. The van der Waals surface area contributed by atoms with Gasteiger partial charge in [-0.15, -0.1) is 0 Å². The molecule has 3 rings (SSSR count). The van der Waals surface area contributed by atoms with Gasteiger partial charge in [0.05, 0.1) is 19.3 Å². The number of hydrogen-bond donors (Lipinski definition) is 1. The number of hydrogen-bond acceptors (Lipinski definition) is 4. The first kappa shape index (κ1) is 20.5. The van der Waals surface area contributed by atoms with Crippen LogP contribution in [0.15, 0.2) is 54.7 Å². The van der Waals surface area contributed by atoms with Gasteiger partial charge in [-0.2, -0.15) is 5.10 Å². The summed E-state index contributed by atoms with van der Waals surface area (Å²) in [5, 5.41) is 7.41. The van der Waals surface area contributed by atoms with E-state index in [2.05, 4.69) is 10.4 Å². The molecule has 0 aliphatic heterocycles. The molecule has 1 aromatic heterocycles. The van der Waals surface area contributed by atoms with E-state index in [1.807, 2.05) is 74.1 Å². The zero-order valence-electron chi connectivity index (χ0n) is 17.3. The van der Waals surface area contributed by atoms with E-state index in [0.717, 1.165) is 23.4 Å². The van der Waals surface area contributed by atoms with Crippen LogP contribution in [-0.2, 0) is 13.2 Å². The highest BCUT2D eigenvalue weighted by Crippen LogP contribution is 2.26. The van der Waals surface area contributed by atoms with Crippen LogP contribution in [0.4, 0.5) is 0 Å². The SMILES string of the molecule is CCn1ncc(C(C)NC(=O)c2cccc(COc3ccccc3OC)c2)c1C. The average molecular weight is 393 g/mol. The van der Waals surface area contributed by atoms with Crippen LogP contribution in [0.2, 0.25) is 0 Å². The van der Waals surface area contributed by atoms with Crippen LogP contribution in [-0.4, -0.2) is 22.8 Å². The van der Waals surface area contributed by atoms with Crippen LogP contribution in [0.1, 0.15) is 47.1 Å². The summed E-state index contributed by atoms with van der Waals surface area (Å²) in [7, 11) is 1.61. The molecule has 6 heteroatoms. The summed E-state index contributed by atoms with van der Waals surface area (Å²) in [6.07, 6.45) is 1.82. The summed E-state index contributed by atoms with van der Waals surface area (Å²) in [4.78, 5) is 12.7. The largest absolute Gasteiger partial charge is 0.493 e. The molecule has 1 heterocycles. The van der Waals surface area contributed by atoms with E-state index < -0.39 is 0 Å². The van der Waals surface area contributed by atoms with Gasteiger partial charge in [-0.3, -0.25) is 9.48 Å². The van der Waals surface area contributed by atoms with Crippen molar-refractivity contribution < 1.29 is 14.3 Å². The quantitative estimate of drug-likeness (QED) is 0.620. The maximum Gasteiger partial charge on any atom is 0.251 e. The van der Waals surface area contributed by atoms with Gasteiger partial charge >= 0.3 is 0 Å². The lowest BCUT2D eigenvalue weighted by atomic mass is 10.1. The lowest BCUT2D eigenvalue weighted by molar-refractivity contribution is 0.0939. The third kappa shape index (κ3) is 4.77. The molecule has 3 aromatic rings. The standard InChI is InChI=1S/C23H27N3O3/c1-5-26-17(3)20(14-24-26)16(2)25-23(27)19-10-8-9-18(13-19)15-29-22-12-7-6-11-21(22)28-4/h6-14,16H,5,15H2,1-4H3,(H,25,27). The van der Waals surface area contributed by atoms with Crippen LogP contribution in [0.5, 0.6) is 11.5 Å². The average Bonchev–Trinajstić information content (AvgIpc) is 3.13. The molecule has 0 aliphatic rings. The number of carbonyl (C=O) groups is 1. The molecule has 0 spiro atoms. The summed E-state index contributed by atoms with van der Waals surface area (Å²) >= 11 is 0. The second-order valence-corrected chi connectivity index (χ2v) is 6.84. The molecule has 0 fully saturated rings. The number of ether oxygens (including phenoxy) is 2. The van der Waals surface area contributed by atoms with Gasteiger partial charge < -0.3 is 14.8 Å². The van der Waals surface area contributed by atoms with Crippen molar-refractivity contribution in [3.8, 4) is 11.5 Å². The highest BCUT2D eigenvalue weighted by molar-refractivity contribution is 5.94. The minimum Gasteiger partial charge on any atom is -0.493 e. The summed E-state index contributed by atoms with van der Waals surface area (Å²) in [5.74, 6) is 1.22. The van der Waals surface area contributed by atoms with E-state index in [9.17, 15) is 4.79 Å². The second kappa shape index (κ2) is 9.28. The molecule has 0 radical (unpaired) electrons. The minimum absolute atomic E-state index is 0.125. The molecule has 0 saturated heterocycles. The summed E-state index contributed by atoms with van der Waals surface area (Å²) in [6, 6.07) is 14.8. The number of para-hydroxylation sites is 2. The Kier molecular flexibility index (Phi) is 6.54. The Balaban J connectivity index is 1.66. The van der Waals surface area contributed by atoms with Crippen LogP contribution in [0, 0.1) is 6.92 Å². The van der Waals surface area contributed by atoms with Gasteiger partial charge in [0.1, 0.15) is 6.61 Å². The maximum absolute atomic E-state index is 12.7. The van der Waals surface area contributed by atoms with Crippen molar-refractivity contribution >= 4 is 5.91 Å². The molecule has 29 heavy (non-hydrogen) atoms. The number of aryl methyl sites for hydroxylation is 1. The Bertz CT molecular complexity index is 981. The number of benzene rings is 2. The number of nitrogens with zero attached hydrogens (tertiary/aromatic N) is 2. The molecule has 1 atom stereocenters. The third-order valence-corrected chi connectivity index (χ3v) is 4.91. The van der Waals surface area contributed by atoms with Crippen molar-refractivity contribution in [1.82, 2.24) is 15.1 Å². The monoisotopic (exact) mass is 393 g/mol. The first-order valence-electron chi connectivity index (χ1n) is 9.71. The molecule has 152 valence electrons. The van der Waals surface area contributed by atoms with Crippen LogP contribution in [0.3, 0.4) is 0 Å². The fraction of sp³-hybridized carbons (Fsp3) is 0.304. The van der Waals surface area contributed by atoms with E-state index in [1.165, 1.54) is 0 Å². The van der Waals surface area contributed by atoms with Gasteiger partial charge in [-0.25, -0.2) is 0 Å². The fourth-order valence-corrected chi connectivity index (χ4v) is 3.26. The lowest BCUT2D eigenvalue weighted by Gasteiger charge is -2.15. The molecule has 1 unspecified atom stereocenters. The number of aromatic nitrogens is 2.